The van der Waals surface area contributed by atoms with Gasteiger partial charge in [-0.05, 0) is 80.0 Å². The van der Waals surface area contributed by atoms with E-state index in [-0.39, 0.29) is 34.0 Å². The minimum atomic E-state index is -0.263. The summed E-state index contributed by atoms with van der Waals surface area (Å²) in [6.07, 6.45) is 7.45. The first-order valence-electron chi connectivity index (χ1n) is 10.00. The molecule has 1 aromatic rings. The molecule has 2 unspecified atom stereocenters. The summed E-state index contributed by atoms with van der Waals surface area (Å²) < 4.78 is 5.56. The summed E-state index contributed by atoms with van der Waals surface area (Å²) in [4.78, 5) is 35.9. The zero-order chi connectivity index (χ0) is 19.9. The maximum atomic E-state index is 12.5. The lowest BCUT2D eigenvalue weighted by molar-refractivity contribution is -0.149. The number of Topliss-reactive ketones (excluding diaryl/α,β-unsaturated/α-hetero) is 1. The lowest BCUT2D eigenvalue weighted by Gasteiger charge is -2.60. The standard InChI is InChI=1S/C22H26BrNO4/c1-14(25)24-18-4-2-17(3-5-18)19(26)12-28-20(27)11-21-7-15-6-16(8-21)10-22(23,9-15)13-21/h2-5,15-16H,6-13H2,1H3,(H,24,25). The first-order valence-corrected chi connectivity index (χ1v) is 10.8. The van der Waals surface area contributed by atoms with E-state index in [0.29, 0.717) is 17.7 Å². The number of ether oxygens (including phenoxy) is 1. The molecule has 28 heavy (non-hydrogen) atoms. The van der Waals surface area contributed by atoms with Gasteiger partial charge in [0.05, 0.1) is 6.42 Å². The molecule has 1 aromatic carbocycles. The Morgan fingerprint density at radius 3 is 2.32 bits per heavy atom. The molecule has 6 heteroatoms. The third kappa shape index (κ3) is 4.17. The van der Waals surface area contributed by atoms with Gasteiger partial charge in [0.15, 0.2) is 12.4 Å². The Labute approximate surface area is 173 Å². The smallest absolute Gasteiger partial charge is 0.306 e. The molecule has 1 amide bonds. The van der Waals surface area contributed by atoms with E-state index in [2.05, 4.69) is 21.2 Å². The van der Waals surface area contributed by atoms with Crippen LogP contribution in [0.5, 0.6) is 0 Å². The number of carbonyl (C=O) groups excluding carboxylic acids is 3. The molecule has 1 N–H and O–H groups in total. The Bertz CT molecular complexity index is 789. The molecule has 4 fully saturated rings. The van der Waals surface area contributed by atoms with Crippen LogP contribution in [0.2, 0.25) is 0 Å². The van der Waals surface area contributed by atoms with Crippen LogP contribution in [0, 0.1) is 17.3 Å². The number of nitrogens with one attached hydrogen (secondary N) is 1. The van der Waals surface area contributed by atoms with Crippen LogP contribution in [0.4, 0.5) is 5.69 Å². The number of rotatable bonds is 6. The molecule has 0 spiro atoms. The molecule has 2 atom stereocenters. The number of benzene rings is 1. The highest BCUT2D eigenvalue weighted by Gasteiger charge is 2.57. The lowest BCUT2D eigenvalue weighted by Crippen LogP contribution is -2.53. The van der Waals surface area contributed by atoms with Gasteiger partial charge in [-0.2, -0.15) is 0 Å². The van der Waals surface area contributed by atoms with Crippen LogP contribution in [-0.4, -0.2) is 28.6 Å². The molecule has 4 aliphatic rings. The van der Waals surface area contributed by atoms with Crippen molar-refractivity contribution in [3.8, 4) is 0 Å². The van der Waals surface area contributed by atoms with E-state index in [9.17, 15) is 14.4 Å². The quantitative estimate of drug-likeness (QED) is 0.395. The van der Waals surface area contributed by atoms with Gasteiger partial charge in [-0.1, -0.05) is 15.9 Å². The van der Waals surface area contributed by atoms with Gasteiger partial charge < -0.3 is 10.1 Å². The Morgan fingerprint density at radius 1 is 1.11 bits per heavy atom. The van der Waals surface area contributed by atoms with Gasteiger partial charge in [-0.15, -0.1) is 0 Å². The molecule has 5 nitrogen and oxygen atoms in total. The van der Waals surface area contributed by atoms with Crippen LogP contribution in [0.3, 0.4) is 0 Å². The van der Waals surface area contributed by atoms with Crippen molar-refractivity contribution >= 4 is 39.3 Å². The molecular weight excluding hydrogens is 422 g/mol. The molecule has 4 saturated carbocycles. The highest BCUT2D eigenvalue weighted by atomic mass is 79.9. The fraction of sp³-hybridized carbons (Fsp3) is 0.591. The summed E-state index contributed by atoms with van der Waals surface area (Å²) >= 11 is 3.96. The Balaban J connectivity index is 1.31. The number of esters is 1. The van der Waals surface area contributed by atoms with Crippen molar-refractivity contribution in [2.45, 2.75) is 56.2 Å². The zero-order valence-corrected chi connectivity index (χ0v) is 17.7. The summed E-state index contributed by atoms with van der Waals surface area (Å²) in [6, 6.07) is 6.60. The third-order valence-electron chi connectivity index (χ3n) is 6.52. The molecule has 4 aliphatic carbocycles. The average Bonchev–Trinajstić information content (AvgIpc) is 2.57. The number of carbonyl (C=O) groups is 3. The summed E-state index contributed by atoms with van der Waals surface area (Å²) in [5.74, 6) is 0.781. The van der Waals surface area contributed by atoms with Crippen LogP contribution < -0.4 is 5.32 Å². The molecule has 4 bridgehead atoms. The maximum Gasteiger partial charge on any atom is 0.306 e. The van der Waals surface area contributed by atoms with Gasteiger partial charge in [-0.25, -0.2) is 0 Å². The monoisotopic (exact) mass is 447 g/mol. The van der Waals surface area contributed by atoms with Gasteiger partial charge in [-0.3, -0.25) is 14.4 Å². The highest BCUT2D eigenvalue weighted by molar-refractivity contribution is 9.10. The number of halogens is 1. The Morgan fingerprint density at radius 2 is 1.75 bits per heavy atom. The number of hydrogen-bond donors (Lipinski definition) is 1. The Hall–Kier alpha value is -1.69. The molecule has 0 aromatic heterocycles. The van der Waals surface area contributed by atoms with Gasteiger partial charge in [0.25, 0.3) is 0 Å². The Kier molecular flexibility index (Phi) is 5.10. The lowest BCUT2D eigenvalue weighted by atomic mass is 9.49. The molecule has 0 radical (unpaired) electrons. The second-order valence-electron chi connectivity index (χ2n) is 9.13. The van der Waals surface area contributed by atoms with E-state index in [1.54, 1.807) is 24.3 Å². The predicted molar refractivity (Wildman–Crippen MR) is 109 cm³/mol. The first kappa shape index (κ1) is 19.6. The zero-order valence-electron chi connectivity index (χ0n) is 16.1. The van der Waals surface area contributed by atoms with Crippen molar-refractivity contribution in [1.82, 2.24) is 0 Å². The maximum absolute atomic E-state index is 12.5. The van der Waals surface area contributed by atoms with Crippen molar-refractivity contribution < 1.29 is 19.1 Å². The van der Waals surface area contributed by atoms with E-state index in [0.717, 1.165) is 31.1 Å². The molecule has 0 aliphatic heterocycles. The van der Waals surface area contributed by atoms with E-state index >= 15 is 0 Å². The molecule has 0 saturated heterocycles. The number of alkyl halides is 1. The number of ketones is 1. The minimum Gasteiger partial charge on any atom is -0.457 e. The molecule has 0 heterocycles. The van der Waals surface area contributed by atoms with E-state index in [1.807, 2.05) is 0 Å². The summed E-state index contributed by atoms with van der Waals surface area (Å²) in [6.45, 7) is 1.19. The number of hydrogen-bond acceptors (Lipinski definition) is 4. The first-order chi connectivity index (χ1) is 13.2. The second-order valence-corrected chi connectivity index (χ2v) is 10.8. The van der Waals surface area contributed by atoms with Gasteiger partial charge in [0.2, 0.25) is 5.91 Å². The van der Waals surface area contributed by atoms with Crippen LogP contribution in [-0.2, 0) is 14.3 Å². The van der Waals surface area contributed by atoms with E-state index in [1.165, 1.54) is 26.2 Å². The summed E-state index contributed by atoms with van der Waals surface area (Å²) in [7, 11) is 0. The second kappa shape index (κ2) is 7.29. The minimum absolute atomic E-state index is 0.0493. The van der Waals surface area contributed by atoms with Crippen molar-refractivity contribution in [3.05, 3.63) is 29.8 Å². The van der Waals surface area contributed by atoms with Crippen LogP contribution in [0.25, 0.3) is 0 Å². The van der Waals surface area contributed by atoms with Crippen LogP contribution >= 0.6 is 15.9 Å². The summed E-state index contributed by atoms with van der Waals surface area (Å²) in [5.41, 5.74) is 1.15. The fourth-order valence-electron chi connectivity index (χ4n) is 6.07. The van der Waals surface area contributed by atoms with Crippen molar-refractivity contribution in [2.24, 2.45) is 17.3 Å². The van der Waals surface area contributed by atoms with Gasteiger partial charge in [0, 0.05) is 22.5 Å². The number of anilines is 1. The normalized spacial score (nSPS) is 32.8. The molecule has 5 rings (SSSR count). The molecule has 150 valence electrons. The number of amides is 1. The largest absolute Gasteiger partial charge is 0.457 e. The summed E-state index contributed by atoms with van der Waals surface area (Å²) in [5, 5.41) is 2.66. The van der Waals surface area contributed by atoms with E-state index in [4.69, 9.17) is 4.74 Å². The fourth-order valence-corrected chi connectivity index (χ4v) is 7.58. The predicted octanol–water partition coefficient (Wildman–Crippen LogP) is 4.49. The topological polar surface area (TPSA) is 72.5 Å². The third-order valence-corrected chi connectivity index (χ3v) is 7.45. The van der Waals surface area contributed by atoms with Crippen molar-refractivity contribution in [2.75, 3.05) is 11.9 Å². The van der Waals surface area contributed by atoms with Crippen molar-refractivity contribution in [1.29, 1.82) is 0 Å². The highest BCUT2D eigenvalue weighted by Crippen LogP contribution is 2.65. The SMILES string of the molecule is CC(=O)Nc1ccc(C(=O)COC(=O)CC23CC4CC(CC(Br)(C4)C2)C3)cc1. The van der Waals surface area contributed by atoms with Gasteiger partial charge in [0.1, 0.15) is 0 Å². The van der Waals surface area contributed by atoms with Crippen molar-refractivity contribution in [3.63, 3.8) is 0 Å². The molecular formula is C22H26BrNO4. The average molecular weight is 448 g/mol. The van der Waals surface area contributed by atoms with Crippen LogP contribution in [0.1, 0.15) is 62.2 Å². The van der Waals surface area contributed by atoms with Gasteiger partial charge >= 0.3 is 5.97 Å². The van der Waals surface area contributed by atoms with Crippen LogP contribution in [0.15, 0.2) is 24.3 Å². The van der Waals surface area contributed by atoms with E-state index < -0.39 is 0 Å².